The Labute approximate surface area is 193 Å². The van der Waals surface area contributed by atoms with E-state index in [4.69, 9.17) is 4.74 Å². The van der Waals surface area contributed by atoms with E-state index in [1.165, 1.54) is 39.9 Å². The van der Waals surface area contributed by atoms with Gasteiger partial charge in [-0.3, -0.25) is 0 Å². The second-order valence-corrected chi connectivity index (χ2v) is 8.59. The molecule has 4 heteroatoms. The van der Waals surface area contributed by atoms with Gasteiger partial charge in [0.2, 0.25) is 0 Å². The number of hydrogen-bond donors (Lipinski definition) is 1. The van der Waals surface area contributed by atoms with Crippen molar-refractivity contribution in [2.24, 2.45) is 0 Å². The molecule has 0 spiro atoms. The molecule has 0 atom stereocenters. The Balaban J connectivity index is 1.60. The van der Waals surface area contributed by atoms with Crippen molar-refractivity contribution in [1.29, 1.82) is 5.26 Å². The minimum atomic E-state index is -0.350. The third-order valence-electron chi connectivity index (χ3n) is 6.36. The Morgan fingerprint density at radius 2 is 1.91 bits per heavy atom. The summed E-state index contributed by atoms with van der Waals surface area (Å²) in [4.78, 5) is 3.60. The number of para-hydroxylation sites is 1. The van der Waals surface area contributed by atoms with Crippen LogP contribution in [0.5, 0.6) is 5.75 Å². The average Bonchev–Trinajstić information content (AvgIpc) is 3.07. The molecule has 0 radical (unpaired) electrons. The van der Waals surface area contributed by atoms with Gasteiger partial charge >= 0.3 is 0 Å². The predicted octanol–water partition coefficient (Wildman–Crippen LogP) is 7.09. The Morgan fingerprint density at radius 1 is 1.09 bits per heavy atom. The van der Waals surface area contributed by atoms with Gasteiger partial charge in [-0.05, 0) is 60.2 Å². The van der Waals surface area contributed by atoms with E-state index >= 15 is 0 Å². The van der Waals surface area contributed by atoms with Crippen molar-refractivity contribution in [2.75, 3.05) is 0 Å². The fourth-order valence-electron chi connectivity index (χ4n) is 4.83. The number of aryl methyl sites for hydroxylation is 1. The van der Waals surface area contributed by atoms with Crippen LogP contribution in [0.2, 0.25) is 0 Å². The van der Waals surface area contributed by atoms with Crippen LogP contribution in [0.4, 0.5) is 4.39 Å². The van der Waals surface area contributed by atoms with Crippen molar-refractivity contribution in [3.8, 4) is 11.8 Å². The van der Waals surface area contributed by atoms with Gasteiger partial charge in [0.15, 0.2) is 0 Å². The molecule has 0 aliphatic carbocycles. The van der Waals surface area contributed by atoms with Gasteiger partial charge in [0.05, 0.1) is 6.07 Å². The van der Waals surface area contributed by atoms with E-state index in [2.05, 4.69) is 60.4 Å². The number of halogens is 1. The molecule has 1 N–H and O–H groups in total. The molecule has 0 bridgehead atoms. The van der Waals surface area contributed by atoms with Crippen LogP contribution in [0.25, 0.3) is 16.5 Å². The second kappa shape index (κ2) is 8.60. The second-order valence-electron chi connectivity index (χ2n) is 8.59. The zero-order chi connectivity index (χ0) is 22.9. The highest BCUT2D eigenvalue weighted by molar-refractivity contribution is 5.89. The van der Waals surface area contributed by atoms with Crippen molar-refractivity contribution >= 4 is 16.5 Å². The molecule has 164 valence electrons. The van der Waals surface area contributed by atoms with E-state index in [-0.39, 0.29) is 5.82 Å². The number of hydrogen-bond acceptors (Lipinski definition) is 2. The lowest BCUT2D eigenvalue weighted by Crippen LogP contribution is -2.00. The molecule has 33 heavy (non-hydrogen) atoms. The fourth-order valence-corrected chi connectivity index (χ4v) is 4.83. The predicted molar refractivity (Wildman–Crippen MR) is 130 cm³/mol. The summed E-state index contributed by atoms with van der Waals surface area (Å²) in [6, 6.07) is 21.6. The number of nitrogens with zero attached hydrogens (tertiary/aromatic N) is 1. The molecule has 1 aliphatic rings. The zero-order valence-electron chi connectivity index (χ0n) is 18.8. The molecule has 3 nitrogen and oxygen atoms in total. The number of benzene rings is 3. The van der Waals surface area contributed by atoms with E-state index in [0.717, 1.165) is 41.5 Å². The molecule has 4 aromatic rings. The van der Waals surface area contributed by atoms with Gasteiger partial charge in [-0.25, -0.2) is 4.39 Å². The number of rotatable bonds is 4. The summed E-state index contributed by atoms with van der Waals surface area (Å²) in [5.74, 6) is 0.122. The first-order valence-corrected chi connectivity index (χ1v) is 11.3. The van der Waals surface area contributed by atoms with Crippen LogP contribution >= 0.6 is 0 Å². The number of aromatic nitrogens is 1. The number of H-pyrrole nitrogens is 1. The number of nitriles is 1. The Kier molecular flexibility index (Phi) is 5.48. The number of fused-ring (bicyclic) bond motifs is 3. The molecule has 0 unspecified atom stereocenters. The topological polar surface area (TPSA) is 48.8 Å². The van der Waals surface area contributed by atoms with E-state index < -0.39 is 0 Å². The number of allylic oxidation sites excluding steroid dienone is 1. The summed E-state index contributed by atoms with van der Waals surface area (Å²) in [6.07, 6.45) is 2.89. The van der Waals surface area contributed by atoms with Crippen LogP contribution in [0.3, 0.4) is 0 Å². The van der Waals surface area contributed by atoms with Gasteiger partial charge in [0.1, 0.15) is 18.2 Å². The van der Waals surface area contributed by atoms with E-state index in [1.54, 1.807) is 13.0 Å². The highest BCUT2D eigenvalue weighted by Crippen LogP contribution is 2.39. The first-order chi connectivity index (χ1) is 16.1. The van der Waals surface area contributed by atoms with Gasteiger partial charge < -0.3 is 9.72 Å². The third kappa shape index (κ3) is 3.81. The normalized spacial score (nSPS) is 14.1. The molecular formula is C29H25FN2O. The fraction of sp³-hybridized carbons (Fsp3) is 0.207. The van der Waals surface area contributed by atoms with Gasteiger partial charge in [-0.2, -0.15) is 5.26 Å². The Hall–Kier alpha value is -3.84. The largest absolute Gasteiger partial charge is 0.488 e. The van der Waals surface area contributed by atoms with E-state index in [9.17, 15) is 9.65 Å². The lowest BCUT2D eigenvalue weighted by Gasteiger charge is -2.13. The van der Waals surface area contributed by atoms with Gasteiger partial charge in [-0.15, -0.1) is 0 Å². The molecule has 0 fully saturated rings. The van der Waals surface area contributed by atoms with Crippen LogP contribution in [0, 0.1) is 17.1 Å². The van der Waals surface area contributed by atoms with Crippen LogP contribution in [0.15, 0.2) is 66.2 Å². The number of nitrogens with one attached hydrogen (secondary N) is 1. The van der Waals surface area contributed by atoms with Gasteiger partial charge in [0, 0.05) is 39.4 Å². The van der Waals surface area contributed by atoms with Crippen molar-refractivity contribution in [3.63, 3.8) is 0 Å². The van der Waals surface area contributed by atoms with Crippen LogP contribution in [-0.2, 0) is 19.4 Å². The number of ether oxygens (including phenoxy) is 1. The van der Waals surface area contributed by atoms with E-state index in [1.807, 2.05) is 0 Å². The van der Waals surface area contributed by atoms with Crippen LogP contribution in [-0.4, -0.2) is 4.98 Å². The van der Waals surface area contributed by atoms with Gasteiger partial charge in [-0.1, -0.05) is 49.7 Å². The van der Waals surface area contributed by atoms with Crippen LogP contribution < -0.4 is 4.74 Å². The minimum Gasteiger partial charge on any atom is -0.488 e. The van der Waals surface area contributed by atoms with Gasteiger partial charge in [0.25, 0.3) is 0 Å². The molecule has 3 aromatic carbocycles. The third-order valence-corrected chi connectivity index (χ3v) is 6.36. The lowest BCUT2D eigenvalue weighted by atomic mass is 9.89. The smallest absolute Gasteiger partial charge is 0.130 e. The Bertz CT molecular complexity index is 1440. The zero-order valence-corrected chi connectivity index (χ0v) is 18.8. The maximum absolute atomic E-state index is 13.9. The highest BCUT2D eigenvalue weighted by Gasteiger charge is 2.22. The molecule has 0 amide bonds. The maximum Gasteiger partial charge on any atom is 0.130 e. The SMILES string of the molecule is CCCc1[nH]c2ccccc2c1Cc1ccc2c(c1)COc1cc(F)ccc1/C2=C(\C)C#N. The summed E-state index contributed by atoms with van der Waals surface area (Å²) in [5, 5.41) is 10.9. The molecule has 5 rings (SSSR count). The minimum absolute atomic E-state index is 0.331. The highest BCUT2D eigenvalue weighted by atomic mass is 19.1. The summed E-state index contributed by atoms with van der Waals surface area (Å²) in [7, 11) is 0. The summed E-state index contributed by atoms with van der Waals surface area (Å²) < 4.78 is 19.9. The van der Waals surface area contributed by atoms with Crippen LogP contribution in [0.1, 0.15) is 53.8 Å². The lowest BCUT2D eigenvalue weighted by molar-refractivity contribution is 0.305. The monoisotopic (exact) mass is 436 g/mol. The first kappa shape index (κ1) is 21.0. The average molecular weight is 437 g/mol. The molecular weight excluding hydrogens is 411 g/mol. The standard InChI is InChI=1S/C29H25FN2O/c1-3-6-26-25(23-7-4-5-8-27(23)32-26)14-19-9-11-22-20(13-19)17-33-28-15-21(30)10-12-24(28)29(22)18(2)16-31/h4-5,7-13,15,32H,3,6,14,17H2,1-2H3/b29-18+. The van der Waals surface area contributed by atoms with Crippen molar-refractivity contribution in [1.82, 2.24) is 4.98 Å². The summed E-state index contributed by atoms with van der Waals surface area (Å²) in [5.41, 5.74) is 9.09. The van der Waals surface area contributed by atoms with E-state index in [0.29, 0.717) is 17.9 Å². The molecule has 0 saturated carbocycles. The maximum atomic E-state index is 13.9. The quantitative estimate of drug-likeness (QED) is 0.347. The first-order valence-electron chi connectivity index (χ1n) is 11.3. The molecule has 1 aliphatic heterocycles. The molecule has 2 heterocycles. The van der Waals surface area contributed by atoms with Crippen molar-refractivity contribution in [3.05, 3.63) is 106 Å². The Morgan fingerprint density at radius 3 is 2.73 bits per heavy atom. The molecule has 1 aromatic heterocycles. The summed E-state index contributed by atoms with van der Waals surface area (Å²) >= 11 is 0. The van der Waals surface area contributed by atoms with Crippen molar-refractivity contribution < 1.29 is 9.13 Å². The summed E-state index contributed by atoms with van der Waals surface area (Å²) in [6.45, 7) is 4.33. The molecule has 0 saturated heterocycles. The number of aromatic amines is 1. The van der Waals surface area contributed by atoms with Crippen molar-refractivity contribution in [2.45, 2.75) is 39.7 Å².